The number of ether oxygens (including phenoxy) is 2. The Bertz CT molecular complexity index is 1150. The first-order valence-electron chi connectivity index (χ1n) is 11.1. The molecular formula is C24H26N4O4S. The topological polar surface area (TPSA) is 96.6 Å². The third-order valence-corrected chi connectivity index (χ3v) is 6.64. The average molecular weight is 467 g/mol. The number of para-hydroxylation sites is 2. The lowest BCUT2D eigenvalue weighted by molar-refractivity contribution is -0.127. The molecule has 0 bridgehead atoms. The SMILES string of the molecule is CSCC[C@H](NC(=O)[C@H]1CC(=O)N(c2ccc3c(c2)OCCO3)C1)c1nc2ccccc2[nH]1. The summed E-state index contributed by atoms with van der Waals surface area (Å²) in [5.74, 6) is 2.30. The molecule has 3 aromatic rings. The van der Waals surface area contributed by atoms with Gasteiger partial charge in [0.1, 0.15) is 19.0 Å². The van der Waals surface area contributed by atoms with E-state index in [1.54, 1.807) is 16.7 Å². The predicted octanol–water partition coefficient (Wildman–Crippen LogP) is 3.30. The van der Waals surface area contributed by atoms with E-state index in [1.807, 2.05) is 48.7 Å². The van der Waals surface area contributed by atoms with E-state index < -0.39 is 5.92 Å². The average Bonchev–Trinajstić information content (AvgIpc) is 3.45. The standard InChI is InChI=1S/C24H26N4O4S/c1-33-11-8-19(23-25-17-4-2-3-5-18(17)26-23)27-24(30)15-12-22(29)28(14-15)16-6-7-20-21(13-16)32-10-9-31-20/h2-7,13,15,19H,8-12,14H2,1H3,(H,25,26)(H,27,30)/t15-,19-/m0/s1. The van der Waals surface area contributed by atoms with E-state index in [2.05, 4.69) is 15.3 Å². The maximum atomic E-state index is 13.2. The van der Waals surface area contributed by atoms with Gasteiger partial charge in [0.2, 0.25) is 11.8 Å². The molecule has 3 heterocycles. The summed E-state index contributed by atoms with van der Waals surface area (Å²) in [6.45, 7) is 1.33. The van der Waals surface area contributed by atoms with Gasteiger partial charge in [-0.05, 0) is 42.7 Å². The summed E-state index contributed by atoms with van der Waals surface area (Å²) in [5.41, 5.74) is 2.53. The van der Waals surface area contributed by atoms with Gasteiger partial charge in [0.25, 0.3) is 0 Å². The van der Waals surface area contributed by atoms with Crippen LogP contribution >= 0.6 is 11.8 Å². The number of fused-ring (bicyclic) bond motifs is 2. The molecule has 5 rings (SSSR count). The molecule has 0 saturated carbocycles. The number of rotatable bonds is 7. The van der Waals surface area contributed by atoms with Crippen LogP contribution in [0.4, 0.5) is 5.69 Å². The van der Waals surface area contributed by atoms with Gasteiger partial charge in [-0.1, -0.05) is 12.1 Å². The van der Waals surface area contributed by atoms with E-state index in [0.717, 1.165) is 34.7 Å². The Morgan fingerprint density at radius 3 is 2.88 bits per heavy atom. The second-order valence-electron chi connectivity index (χ2n) is 8.22. The molecule has 1 saturated heterocycles. The van der Waals surface area contributed by atoms with Crippen LogP contribution in [-0.4, -0.2) is 53.5 Å². The number of carbonyl (C=O) groups is 2. The normalized spacial score (nSPS) is 18.5. The van der Waals surface area contributed by atoms with Gasteiger partial charge in [-0.25, -0.2) is 4.98 Å². The number of nitrogens with zero attached hydrogens (tertiary/aromatic N) is 2. The number of aromatic nitrogens is 2. The highest BCUT2D eigenvalue weighted by Gasteiger charge is 2.36. The van der Waals surface area contributed by atoms with Gasteiger partial charge in [-0.15, -0.1) is 0 Å². The number of nitrogens with one attached hydrogen (secondary N) is 2. The maximum absolute atomic E-state index is 13.2. The number of aromatic amines is 1. The van der Waals surface area contributed by atoms with Crippen LogP contribution in [0.2, 0.25) is 0 Å². The Morgan fingerprint density at radius 2 is 2.06 bits per heavy atom. The van der Waals surface area contributed by atoms with Crippen molar-refractivity contribution in [2.75, 3.05) is 36.7 Å². The van der Waals surface area contributed by atoms with Crippen LogP contribution in [0.25, 0.3) is 11.0 Å². The molecule has 8 nitrogen and oxygen atoms in total. The van der Waals surface area contributed by atoms with Crippen molar-refractivity contribution in [2.24, 2.45) is 5.92 Å². The number of amides is 2. The van der Waals surface area contributed by atoms with Crippen LogP contribution in [0.5, 0.6) is 11.5 Å². The van der Waals surface area contributed by atoms with Crippen LogP contribution in [0.1, 0.15) is 24.7 Å². The summed E-state index contributed by atoms with van der Waals surface area (Å²) in [6.07, 6.45) is 2.97. The van der Waals surface area contributed by atoms with Gasteiger partial charge in [-0.2, -0.15) is 11.8 Å². The third kappa shape index (κ3) is 4.50. The molecule has 2 aliphatic rings. The molecule has 0 unspecified atom stereocenters. The largest absolute Gasteiger partial charge is 0.486 e. The second kappa shape index (κ2) is 9.35. The summed E-state index contributed by atoms with van der Waals surface area (Å²) in [4.78, 5) is 35.6. The highest BCUT2D eigenvalue weighted by atomic mass is 32.2. The zero-order valence-electron chi connectivity index (χ0n) is 18.4. The van der Waals surface area contributed by atoms with Gasteiger partial charge in [0.05, 0.1) is 23.0 Å². The number of hydrogen-bond donors (Lipinski definition) is 2. The number of thioether (sulfide) groups is 1. The van der Waals surface area contributed by atoms with Crippen molar-refractivity contribution in [3.63, 3.8) is 0 Å². The molecule has 2 N–H and O–H groups in total. The molecule has 33 heavy (non-hydrogen) atoms. The molecule has 1 aromatic heterocycles. The molecule has 2 aliphatic heterocycles. The first-order valence-corrected chi connectivity index (χ1v) is 12.5. The van der Waals surface area contributed by atoms with Gasteiger partial charge in [0, 0.05) is 24.7 Å². The van der Waals surface area contributed by atoms with E-state index in [-0.39, 0.29) is 24.3 Å². The summed E-state index contributed by atoms with van der Waals surface area (Å²) < 4.78 is 11.2. The minimum Gasteiger partial charge on any atom is -0.486 e. The van der Waals surface area contributed by atoms with Crippen LogP contribution in [-0.2, 0) is 9.59 Å². The Hall–Kier alpha value is -3.20. The third-order valence-electron chi connectivity index (χ3n) is 6.00. The highest BCUT2D eigenvalue weighted by Crippen LogP contribution is 2.36. The van der Waals surface area contributed by atoms with Gasteiger partial charge in [0.15, 0.2) is 11.5 Å². The molecule has 0 radical (unpaired) electrons. The summed E-state index contributed by atoms with van der Waals surface area (Å²) in [7, 11) is 0. The fraction of sp³-hybridized carbons (Fsp3) is 0.375. The molecular weight excluding hydrogens is 440 g/mol. The van der Waals surface area contributed by atoms with Crippen molar-refractivity contribution >= 4 is 40.3 Å². The van der Waals surface area contributed by atoms with E-state index in [4.69, 9.17) is 9.47 Å². The fourth-order valence-corrected chi connectivity index (χ4v) is 4.74. The summed E-state index contributed by atoms with van der Waals surface area (Å²) in [5, 5.41) is 3.14. The molecule has 172 valence electrons. The number of H-pyrrole nitrogens is 1. The van der Waals surface area contributed by atoms with Crippen LogP contribution < -0.4 is 19.7 Å². The van der Waals surface area contributed by atoms with E-state index in [9.17, 15) is 9.59 Å². The van der Waals surface area contributed by atoms with E-state index in [0.29, 0.717) is 31.3 Å². The predicted molar refractivity (Wildman–Crippen MR) is 128 cm³/mol. The number of imidazole rings is 1. The van der Waals surface area contributed by atoms with Crippen molar-refractivity contribution in [1.82, 2.24) is 15.3 Å². The number of anilines is 1. The van der Waals surface area contributed by atoms with Crippen molar-refractivity contribution in [1.29, 1.82) is 0 Å². The lowest BCUT2D eigenvalue weighted by Gasteiger charge is -2.22. The van der Waals surface area contributed by atoms with Crippen LogP contribution in [0.3, 0.4) is 0 Å². The van der Waals surface area contributed by atoms with Gasteiger partial charge in [-0.3, -0.25) is 9.59 Å². The zero-order valence-corrected chi connectivity index (χ0v) is 19.2. The molecule has 9 heteroatoms. The van der Waals surface area contributed by atoms with E-state index >= 15 is 0 Å². The minimum atomic E-state index is -0.424. The van der Waals surface area contributed by atoms with Gasteiger partial charge >= 0.3 is 0 Å². The Kier molecular flexibility index (Phi) is 6.13. The first-order chi connectivity index (χ1) is 16.1. The van der Waals surface area contributed by atoms with Crippen molar-refractivity contribution in [3.05, 3.63) is 48.3 Å². The highest BCUT2D eigenvalue weighted by molar-refractivity contribution is 7.98. The van der Waals surface area contributed by atoms with Crippen LogP contribution in [0, 0.1) is 5.92 Å². The number of carbonyl (C=O) groups excluding carboxylic acids is 2. The van der Waals surface area contributed by atoms with Gasteiger partial charge < -0.3 is 24.7 Å². The Balaban J connectivity index is 1.30. The Labute approximate surface area is 196 Å². The molecule has 2 aromatic carbocycles. The lowest BCUT2D eigenvalue weighted by atomic mass is 10.1. The molecule has 1 fully saturated rings. The number of hydrogen-bond acceptors (Lipinski definition) is 6. The molecule has 0 aliphatic carbocycles. The minimum absolute atomic E-state index is 0.0729. The zero-order chi connectivity index (χ0) is 22.8. The Morgan fingerprint density at radius 1 is 1.24 bits per heavy atom. The number of benzene rings is 2. The van der Waals surface area contributed by atoms with Crippen molar-refractivity contribution in [2.45, 2.75) is 18.9 Å². The molecule has 2 amide bonds. The molecule has 2 atom stereocenters. The first kappa shape index (κ1) is 21.6. The fourth-order valence-electron chi connectivity index (χ4n) is 4.27. The lowest BCUT2D eigenvalue weighted by Crippen LogP contribution is -2.36. The summed E-state index contributed by atoms with van der Waals surface area (Å²) in [6, 6.07) is 13.0. The smallest absolute Gasteiger partial charge is 0.227 e. The quantitative estimate of drug-likeness (QED) is 0.555. The molecule has 0 spiro atoms. The van der Waals surface area contributed by atoms with E-state index in [1.165, 1.54) is 0 Å². The van der Waals surface area contributed by atoms with Crippen LogP contribution in [0.15, 0.2) is 42.5 Å². The maximum Gasteiger partial charge on any atom is 0.227 e. The second-order valence-corrected chi connectivity index (χ2v) is 9.20. The summed E-state index contributed by atoms with van der Waals surface area (Å²) >= 11 is 1.72. The monoisotopic (exact) mass is 466 g/mol. The van der Waals surface area contributed by atoms with Crippen molar-refractivity contribution < 1.29 is 19.1 Å². The van der Waals surface area contributed by atoms with Crippen molar-refractivity contribution in [3.8, 4) is 11.5 Å².